The molecule has 1 heterocycles. The molecule has 0 aliphatic rings. The van der Waals surface area contributed by atoms with Crippen molar-refractivity contribution in [2.24, 2.45) is 0 Å². The Morgan fingerprint density at radius 3 is 2.76 bits per heavy atom. The summed E-state index contributed by atoms with van der Waals surface area (Å²) in [5, 5.41) is 0. The maximum Gasteiger partial charge on any atom is 0.358 e. The van der Waals surface area contributed by atoms with Crippen molar-refractivity contribution in [3.8, 4) is 12.3 Å². The van der Waals surface area contributed by atoms with Gasteiger partial charge in [0.05, 0.1) is 26.0 Å². The second kappa shape index (κ2) is 6.48. The fourth-order valence-corrected chi connectivity index (χ4v) is 1.35. The molecule has 0 aliphatic heterocycles. The number of hydrogen-bond donors (Lipinski definition) is 0. The van der Waals surface area contributed by atoms with E-state index in [1.165, 1.54) is 19.5 Å². The zero-order valence-electron chi connectivity index (χ0n) is 10.0. The summed E-state index contributed by atoms with van der Waals surface area (Å²) < 4.78 is 4.54. The summed E-state index contributed by atoms with van der Waals surface area (Å²) in [6.45, 7) is 3.33. The minimum atomic E-state index is -0.497. The molecular weight excluding hydrogens is 218 g/mol. The molecule has 0 saturated carbocycles. The van der Waals surface area contributed by atoms with Gasteiger partial charge in [-0.15, -0.1) is 6.42 Å². The van der Waals surface area contributed by atoms with Crippen molar-refractivity contribution in [2.75, 3.05) is 25.1 Å². The molecule has 0 saturated heterocycles. The highest BCUT2D eigenvalue weighted by molar-refractivity contribution is 5.86. The van der Waals surface area contributed by atoms with E-state index in [0.717, 1.165) is 13.0 Å². The van der Waals surface area contributed by atoms with Crippen LogP contribution in [0.1, 0.15) is 23.8 Å². The average Bonchev–Trinajstić information content (AvgIpc) is 2.38. The van der Waals surface area contributed by atoms with E-state index >= 15 is 0 Å². The van der Waals surface area contributed by atoms with E-state index in [0.29, 0.717) is 12.4 Å². The fraction of sp³-hybridized carbons (Fsp3) is 0.417. The summed E-state index contributed by atoms with van der Waals surface area (Å²) in [6, 6.07) is 0. The Balaban J connectivity index is 2.84. The molecule has 0 aromatic carbocycles. The van der Waals surface area contributed by atoms with E-state index < -0.39 is 5.97 Å². The summed E-state index contributed by atoms with van der Waals surface area (Å²) in [7, 11) is 1.31. The lowest BCUT2D eigenvalue weighted by Gasteiger charge is -2.19. The maximum atomic E-state index is 11.2. The van der Waals surface area contributed by atoms with Gasteiger partial charge in [0.15, 0.2) is 5.69 Å². The Hall–Kier alpha value is -2.09. The molecule has 1 aromatic rings. The third kappa shape index (κ3) is 3.45. The van der Waals surface area contributed by atoms with Gasteiger partial charge in [-0.1, -0.05) is 12.8 Å². The highest BCUT2D eigenvalue weighted by Crippen LogP contribution is 2.09. The number of aromatic nitrogens is 2. The van der Waals surface area contributed by atoms with E-state index in [4.69, 9.17) is 6.42 Å². The van der Waals surface area contributed by atoms with E-state index in [1.807, 2.05) is 4.90 Å². The van der Waals surface area contributed by atoms with Crippen LogP contribution < -0.4 is 4.90 Å². The van der Waals surface area contributed by atoms with Crippen LogP contribution in [-0.2, 0) is 4.74 Å². The van der Waals surface area contributed by atoms with Crippen LogP contribution in [0, 0.1) is 12.3 Å². The lowest BCUT2D eigenvalue weighted by Crippen LogP contribution is -2.25. The summed E-state index contributed by atoms with van der Waals surface area (Å²) in [5.41, 5.74) is 0.188. The van der Waals surface area contributed by atoms with Gasteiger partial charge < -0.3 is 9.64 Å². The van der Waals surface area contributed by atoms with Crippen LogP contribution in [0.4, 0.5) is 5.82 Å². The van der Waals surface area contributed by atoms with E-state index in [1.54, 1.807) is 0 Å². The minimum Gasteiger partial charge on any atom is -0.464 e. The number of carbonyl (C=O) groups excluding carboxylic acids is 1. The molecule has 5 heteroatoms. The van der Waals surface area contributed by atoms with Crippen LogP contribution in [0.25, 0.3) is 0 Å². The van der Waals surface area contributed by atoms with Gasteiger partial charge in [-0.25, -0.2) is 14.8 Å². The standard InChI is InChI=1S/C12H15N3O2/c1-4-6-15(7-5-2)11-9-13-10(8-14-11)12(16)17-3/h1,8-9H,5-7H2,2-3H3. The molecule has 0 spiro atoms. The van der Waals surface area contributed by atoms with Crippen molar-refractivity contribution in [3.63, 3.8) is 0 Å². The van der Waals surface area contributed by atoms with Crippen molar-refractivity contribution >= 4 is 11.8 Å². The highest BCUT2D eigenvalue weighted by Gasteiger charge is 2.10. The third-order valence-electron chi connectivity index (χ3n) is 2.13. The molecule has 0 fully saturated rings. The van der Waals surface area contributed by atoms with Crippen molar-refractivity contribution in [3.05, 3.63) is 18.1 Å². The van der Waals surface area contributed by atoms with E-state index in [2.05, 4.69) is 27.5 Å². The predicted octanol–water partition coefficient (Wildman–Crippen LogP) is 1.11. The van der Waals surface area contributed by atoms with Crippen LogP contribution in [-0.4, -0.2) is 36.1 Å². The molecule has 17 heavy (non-hydrogen) atoms. The summed E-state index contributed by atoms with van der Waals surface area (Å²) in [5.74, 6) is 2.73. The van der Waals surface area contributed by atoms with Crippen molar-refractivity contribution in [2.45, 2.75) is 13.3 Å². The van der Waals surface area contributed by atoms with Gasteiger partial charge in [-0.3, -0.25) is 0 Å². The van der Waals surface area contributed by atoms with Crippen LogP contribution in [0.2, 0.25) is 0 Å². The van der Waals surface area contributed by atoms with Gasteiger partial charge in [-0.05, 0) is 6.42 Å². The number of ether oxygens (including phenoxy) is 1. The van der Waals surface area contributed by atoms with Gasteiger partial charge in [0.25, 0.3) is 0 Å². The number of rotatable bonds is 5. The second-order valence-corrected chi connectivity index (χ2v) is 3.38. The number of terminal acetylenes is 1. The second-order valence-electron chi connectivity index (χ2n) is 3.38. The van der Waals surface area contributed by atoms with Crippen LogP contribution in [0.15, 0.2) is 12.4 Å². The number of carbonyl (C=O) groups is 1. The molecule has 0 bridgehead atoms. The summed E-state index contributed by atoms with van der Waals surface area (Å²) in [4.78, 5) is 21.2. The number of anilines is 1. The number of hydrogen-bond acceptors (Lipinski definition) is 5. The lowest BCUT2D eigenvalue weighted by atomic mass is 10.4. The molecule has 5 nitrogen and oxygen atoms in total. The molecule has 0 atom stereocenters. The quantitative estimate of drug-likeness (QED) is 0.563. The predicted molar refractivity (Wildman–Crippen MR) is 64.7 cm³/mol. The van der Waals surface area contributed by atoms with Crippen LogP contribution in [0.3, 0.4) is 0 Å². The first-order chi connectivity index (χ1) is 8.22. The Morgan fingerprint density at radius 1 is 1.53 bits per heavy atom. The van der Waals surface area contributed by atoms with Gasteiger partial charge >= 0.3 is 5.97 Å². The van der Waals surface area contributed by atoms with Gasteiger partial charge in [0.1, 0.15) is 5.82 Å². The largest absolute Gasteiger partial charge is 0.464 e. The molecule has 0 amide bonds. The number of esters is 1. The van der Waals surface area contributed by atoms with Crippen molar-refractivity contribution in [1.82, 2.24) is 9.97 Å². The Bertz CT molecular complexity index is 409. The van der Waals surface area contributed by atoms with Gasteiger partial charge in [-0.2, -0.15) is 0 Å². The first-order valence-electron chi connectivity index (χ1n) is 5.31. The molecular formula is C12H15N3O2. The molecule has 1 rings (SSSR count). The average molecular weight is 233 g/mol. The van der Waals surface area contributed by atoms with Crippen LogP contribution in [0.5, 0.6) is 0 Å². The monoisotopic (exact) mass is 233 g/mol. The maximum absolute atomic E-state index is 11.2. The minimum absolute atomic E-state index is 0.188. The fourth-order valence-electron chi connectivity index (χ4n) is 1.35. The Kier molecular flexibility index (Phi) is 4.95. The van der Waals surface area contributed by atoms with Crippen molar-refractivity contribution < 1.29 is 9.53 Å². The first-order valence-corrected chi connectivity index (χ1v) is 5.31. The van der Waals surface area contributed by atoms with E-state index in [-0.39, 0.29) is 5.69 Å². The molecule has 0 N–H and O–H groups in total. The van der Waals surface area contributed by atoms with E-state index in [9.17, 15) is 4.79 Å². The Morgan fingerprint density at radius 2 is 2.29 bits per heavy atom. The lowest BCUT2D eigenvalue weighted by molar-refractivity contribution is 0.0593. The Labute approximate surface area is 101 Å². The summed E-state index contributed by atoms with van der Waals surface area (Å²) in [6.07, 6.45) is 9.16. The molecule has 0 unspecified atom stereocenters. The van der Waals surface area contributed by atoms with Gasteiger partial charge in [0.2, 0.25) is 0 Å². The third-order valence-corrected chi connectivity index (χ3v) is 2.13. The topological polar surface area (TPSA) is 55.3 Å². The highest BCUT2D eigenvalue weighted by atomic mass is 16.5. The summed E-state index contributed by atoms with van der Waals surface area (Å²) >= 11 is 0. The smallest absolute Gasteiger partial charge is 0.358 e. The molecule has 1 aromatic heterocycles. The SMILES string of the molecule is C#CCN(CCC)c1cnc(C(=O)OC)cn1. The zero-order chi connectivity index (χ0) is 12.7. The first kappa shape index (κ1) is 13.0. The zero-order valence-corrected chi connectivity index (χ0v) is 10.0. The van der Waals surface area contributed by atoms with Crippen molar-refractivity contribution in [1.29, 1.82) is 0 Å². The van der Waals surface area contributed by atoms with Crippen LogP contribution >= 0.6 is 0 Å². The molecule has 0 radical (unpaired) electrons. The molecule has 0 aliphatic carbocycles. The van der Waals surface area contributed by atoms with Gasteiger partial charge in [0, 0.05) is 6.54 Å². The number of methoxy groups -OCH3 is 1. The number of nitrogens with zero attached hydrogens (tertiary/aromatic N) is 3. The molecule has 90 valence electrons. The normalized spacial score (nSPS) is 9.47.